The van der Waals surface area contributed by atoms with Crippen LogP contribution >= 0.6 is 15.9 Å². The summed E-state index contributed by atoms with van der Waals surface area (Å²) in [6.07, 6.45) is 3.51. The molecule has 1 N–H and O–H groups in total. The van der Waals surface area contributed by atoms with E-state index >= 15 is 0 Å². The largest absolute Gasteiger partial charge is 0.322 e. The Bertz CT molecular complexity index is 634. The van der Waals surface area contributed by atoms with Crippen molar-refractivity contribution in [1.82, 2.24) is 0 Å². The van der Waals surface area contributed by atoms with Crippen LogP contribution < -0.4 is 5.32 Å². The van der Waals surface area contributed by atoms with Gasteiger partial charge in [-0.3, -0.25) is 4.79 Å². The van der Waals surface area contributed by atoms with E-state index in [-0.39, 0.29) is 5.91 Å². The van der Waals surface area contributed by atoms with Crippen LogP contribution in [0.2, 0.25) is 0 Å². The molecule has 0 aromatic heterocycles. The van der Waals surface area contributed by atoms with Gasteiger partial charge in [-0.15, -0.1) is 0 Å². The molecule has 0 radical (unpaired) electrons. The third-order valence-corrected chi connectivity index (χ3v) is 4.37. The van der Waals surface area contributed by atoms with Crippen LogP contribution in [-0.4, -0.2) is 5.91 Å². The number of hydrogen-bond acceptors (Lipinski definition) is 1. The number of hydrogen-bond donors (Lipinski definition) is 1. The van der Waals surface area contributed by atoms with Crippen LogP contribution in [0.25, 0.3) is 0 Å². The number of carbonyl (C=O) groups excluding carboxylic acids is 1. The van der Waals surface area contributed by atoms with Gasteiger partial charge in [0.15, 0.2) is 0 Å². The highest BCUT2D eigenvalue weighted by Gasteiger charge is 2.12. The molecule has 2 aromatic rings. The molecule has 0 fully saturated rings. The lowest BCUT2D eigenvalue weighted by molar-refractivity contribution is 0.102. The Kier molecular flexibility index (Phi) is 3.88. The number of alkyl halides is 1. The van der Waals surface area contributed by atoms with Gasteiger partial charge in [0, 0.05) is 16.6 Å². The molecular weight excluding hydrogens is 314 g/mol. The van der Waals surface area contributed by atoms with E-state index in [2.05, 4.69) is 33.4 Å². The predicted molar refractivity (Wildman–Crippen MR) is 85.5 cm³/mol. The van der Waals surface area contributed by atoms with Crippen LogP contribution in [0, 0.1) is 0 Å². The van der Waals surface area contributed by atoms with Crippen molar-refractivity contribution in [3.8, 4) is 0 Å². The van der Waals surface area contributed by atoms with E-state index in [9.17, 15) is 4.79 Å². The van der Waals surface area contributed by atoms with E-state index in [1.54, 1.807) is 0 Å². The second-order valence-corrected chi connectivity index (χ2v) is 5.68. The van der Waals surface area contributed by atoms with Gasteiger partial charge in [-0.25, -0.2) is 0 Å². The number of halogens is 1. The fraction of sp³-hybridized carbons (Fsp3) is 0.235. The summed E-state index contributed by atoms with van der Waals surface area (Å²) in [6, 6.07) is 13.9. The van der Waals surface area contributed by atoms with Gasteiger partial charge in [-0.2, -0.15) is 0 Å². The van der Waals surface area contributed by atoms with E-state index in [0.717, 1.165) is 23.9 Å². The Hall–Kier alpha value is -1.61. The number of aryl methyl sites for hydroxylation is 2. The smallest absolute Gasteiger partial charge is 0.255 e. The highest BCUT2D eigenvalue weighted by Crippen LogP contribution is 2.25. The first-order valence-electron chi connectivity index (χ1n) is 6.84. The van der Waals surface area contributed by atoms with Gasteiger partial charge < -0.3 is 5.32 Å². The zero-order valence-electron chi connectivity index (χ0n) is 11.2. The third-order valence-electron chi connectivity index (χ3n) is 3.73. The van der Waals surface area contributed by atoms with Crippen molar-refractivity contribution >= 4 is 27.5 Å². The van der Waals surface area contributed by atoms with Crippen molar-refractivity contribution in [2.75, 3.05) is 5.32 Å². The van der Waals surface area contributed by atoms with Crippen molar-refractivity contribution in [3.63, 3.8) is 0 Å². The summed E-state index contributed by atoms with van der Waals surface area (Å²) in [5.41, 5.74) is 5.54. The van der Waals surface area contributed by atoms with Gasteiger partial charge in [0.1, 0.15) is 0 Å². The SMILES string of the molecule is O=C(Nc1ccc2c(c1)CCC2)c1ccc(CBr)cc1. The lowest BCUT2D eigenvalue weighted by atomic mass is 10.1. The third kappa shape index (κ3) is 2.78. The van der Waals surface area contributed by atoms with Gasteiger partial charge in [0.25, 0.3) is 5.91 Å². The average molecular weight is 330 g/mol. The summed E-state index contributed by atoms with van der Waals surface area (Å²) < 4.78 is 0. The first-order chi connectivity index (χ1) is 9.76. The Labute approximate surface area is 127 Å². The first kappa shape index (κ1) is 13.4. The fourth-order valence-corrected chi connectivity index (χ4v) is 2.97. The van der Waals surface area contributed by atoms with Crippen LogP contribution in [0.5, 0.6) is 0 Å². The van der Waals surface area contributed by atoms with E-state index in [0.29, 0.717) is 5.56 Å². The molecule has 1 aliphatic carbocycles. The maximum absolute atomic E-state index is 12.2. The second-order valence-electron chi connectivity index (χ2n) is 5.12. The number of fused-ring (bicyclic) bond motifs is 1. The highest BCUT2D eigenvalue weighted by atomic mass is 79.9. The summed E-state index contributed by atoms with van der Waals surface area (Å²) in [4.78, 5) is 12.2. The Balaban J connectivity index is 1.75. The number of carbonyl (C=O) groups is 1. The van der Waals surface area contributed by atoms with E-state index < -0.39 is 0 Å². The molecule has 102 valence electrons. The maximum Gasteiger partial charge on any atom is 0.255 e. The summed E-state index contributed by atoms with van der Waals surface area (Å²) in [5, 5.41) is 3.78. The van der Waals surface area contributed by atoms with Crippen LogP contribution in [0.3, 0.4) is 0 Å². The topological polar surface area (TPSA) is 29.1 Å². The number of amides is 1. The molecule has 3 heteroatoms. The van der Waals surface area contributed by atoms with E-state index in [1.807, 2.05) is 30.3 Å². The van der Waals surface area contributed by atoms with Crippen molar-refractivity contribution < 1.29 is 4.79 Å². The first-order valence-corrected chi connectivity index (χ1v) is 7.96. The number of rotatable bonds is 3. The minimum atomic E-state index is -0.0518. The second kappa shape index (κ2) is 5.80. The van der Waals surface area contributed by atoms with Crippen LogP contribution in [-0.2, 0) is 18.2 Å². The molecule has 0 saturated carbocycles. The maximum atomic E-state index is 12.2. The van der Waals surface area contributed by atoms with Crippen LogP contribution in [0.1, 0.15) is 33.5 Å². The molecule has 1 aliphatic rings. The van der Waals surface area contributed by atoms with Gasteiger partial charge in [0.2, 0.25) is 0 Å². The van der Waals surface area contributed by atoms with Gasteiger partial charge in [-0.05, 0) is 60.2 Å². The number of benzene rings is 2. The lowest BCUT2D eigenvalue weighted by Crippen LogP contribution is -2.12. The highest BCUT2D eigenvalue weighted by molar-refractivity contribution is 9.08. The predicted octanol–water partition coefficient (Wildman–Crippen LogP) is 4.32. The Morgan fingerprint density at radius 1 is 1.05 bits per heavy atom. The molecule has 2 aromatic carbocycles. The summed E-state index contributed by atoms with van der Waals surface area (Å²) in [5.74, 6) is -0.0518. The molecule has 3 rings (SSSR count). The molecule has 0 saturated heterocycles. The Morgan fingerprint density at radius 3 is 2.55 bits per heavy atom. The monoisotopic (exact) mass is 329 g/mol. The molecule has 0 atom stereocenters. The minimum absolute atomic E-state index is 0.0518. The number of anilines is 1. The molecule has 0 aliphatic heterocycles. The van der Waals surface area contributed by atoms with E-state index in [1.165, 1.54) is 23.1 Å². The molecule has 0 heterocycles. The van der Waals surface area contributed by atoms with Crippen LogP contribution in [0.4, 0.5) is 5.69 Å². The molecular formula is C17H16BrNO. The zero-order valence-corrected chi connectivity index (χ0v) is 12.7. The van der Waals surface area contributed by atoms with Crippen LogP contribution in [0.15, 0.2) is 42.5 Å². The summed E-state index contributed by atoms with van der Waals surface area (Å²) >= 11 is 3.40. The summed E-state index contributed by atoms with van der Waals surface area (Å²) in [6.45, 7) is 0. The Morgan fingerprint density at radius 2 is 1.80 bits per heavy atom. The van der Waals surface area contributed by atoms with Crippen molar-refractivity contribution in [3.05, 3.63) is 64.7 Å². The van der Waals surface area contributed by atoms with Gasteiger partial charge in [0.05, 0.1) is 0 Å². The standard InChI is InChI=1S/C17H16BrNO/c18-11-12-4-6-14(7-5-12)17(20)19-16-9-8-13-2-1-3-15(13)10-16/h4-10H,1-3,11H2,(H,19,20). The molecule has 1 amide bonds. The zero-order chi connectivity index (χ0) is 13.9. The molecule has 0 spiro atoms. The molecule has 2 nitrogen and oxygen atoms in total. The fourth-order valence-electron chi connectivity index (χ4n) is 2.60. The quantitative estimate of drug-likeness (QED) is 0.834. The van der Waals surface area contributed by atoms with E-state index in [4.69, 9.17) is 0 Å². The van der Waals surface area contributed by atoms with Gasteiger partial charge in [-0.1, -0.05) is 34.1 Å². The van der Waals surface area contributed by atoms with Crippen molar-refractivity contribution in [2.24, 2.45) is 0 Å². The average Bonchev–Trinajstić information content (AvgIpc) is 2.95. The van der Waals surface area contributed by atoms with Gasteiger partial charge >= 0.3 is 0 Å². The van der Waals surface area contributed by atoms with Crippen molar-refractivity contribution in [1.29, 1.82) is 0 Å². The normalized spacial score (nSPS) is 13.1. The molecule has 0 unspecified atom stereocenters. The number of nitrogens with one attached hydrogen (secondary N) is 1. The molecule has 20 heavy (non-hydrogen) atoms. The minimum Gasteiger partial charge on any atom is -0.322 e. The van der Waals surface area contributed by atoms with Crippen molar-refractivity contribution in [2.45, 2.75) is 24.6 Å². The lowest BCUT2D eigenvalue weighted by Gasteiger charge is -2.08. The molecule has 0 bridgehead atoms. The summed E-state index contributed by atoms with van der Waals surface area (Å²) in [7, 11) is 0.